The van der Waals surface area contributed by atoms with Crippen LogP contribution in [0.15, 0.2) is 72.9 Å². The van der Waals surface area contributed by atoms with E-state index >= 15 is 0 Å². The summed E-state index contributed by atoms with van der Waals surface area (Å²) in [6.07, 6.45) is 3.32. The van der Waals surface area contributed by atoms with Crippen LogP contribution in [-0.2, 0) is 12.8 Å². The molecule has 0 radical (unpaired) electrons. The molecule has 5 rings (SSSR count). The molecular formula is C28H31N7. The monoisotopic (exact) mass is 465 g/mol. The van der Waals surface area contributed by atoms with Gasteiger partial charge in [-0.1, -0.05) is 67.6 Å². The van der Waals surface area contributed by atoms with Gasteiger partial charge in [0.15, 0.2) is 0 Å². The molecule has 0 saturated carbocycles. The smallest absolute Gasteiger partial charge is 0.233 e. The lowest BCUT2D eigenvalue weighted by Gasteiger charge is -2.32. The van der Waals surface area contributed by atoms with Crippen molar-refractivity contribution in [3.05, 3.63) is 89.9 Å². The third-order valence-corrected chi connectivity index (χ3v) is 6.35. The van der Waals surface area contributed by atoms with Crippen LogP contribution in [0.5, 0.6) is 0 Å². The fourth-order valence-electron chi connectivity index (χ4n) is 4.23. The SMILES string of the molecule is CCc1nc(Nc2ncccc2Cc2ccc(-c3ccccc3)cc2)nc(N2CCN(C)CC2)n1. The molecule has 0 amide bonds. The number of aryl methyl sites for hydroxylation is 1. The minimum absolute atomic E-state index is 0.546. The lowest BCUT2D eigenvalue weighted by molar-refractivity contribution is 0.311. The molecule has 2 aromatic carbocycles. The van der Waals surface area contributed by atoms with Crippen molar-refractivity contribution < 1.29 is 0 Å². The number of hydrogen-bond acceptors (Lipinski definition) is 7. The van der Waals surface area contributed by atoms with Gasteiger partial charge in [-0.3, -0.25) is 0 Å². The summed E-state index contributed by atoms with van der Waals surface area (Å²) < 4.78 is 0. The van der Waals surface area contributed by atoms with Crippen molar-refractivity contribution >= 4 is 17.7 Å². The normalized spacial score (nSPS) is 14.2. The van der Waals surface area contributed by atoms with Crippen molar-refractivity contribution in [1.29, 1.82) is 0 Å². The highest BCUT2D eigenvalue weighted by molar-refractivity contribution is 5.64. The van der Waals surface area contributed by atoms with Crippen LogP contribution in [-0.4, -0.2) is 58.1 Å². The highest BCUT2D eigenvalue weighted by Crippen LogP contribution is 2.24. The van der Waals surface area contributed by atoms with E-state index in [4.69, 9.17) is 9.97 Å². The summed E-state index contributed by atoms with van der Waals surface area (Å²) in [5, 5.41) is 3.38. The predicted molar refractivity (Wildman–Crippen MR) is 141 cm³/mol. The maximum atomic E-state index is 4.75. The Morgan fingerprint density at radius 2 is 1.54 bits per heavy atom. The number of likely N-dealkylation sites (N-methyl/N-ethyl adjacent to an activating group) is 1. The van der Waals surface area contributed by atoms with E-state index in [0.717, 1.165) is 62.2 Å². The standard InChI is InChI=1S/C28H31N7/c1-3-25-30-27(33-28(31-25)35-18-16-34(2)17-19-35)32-26-24(10-7-15-29-26)20-21-11-13-23(14-12-21)22-8-5-4-6-9-22/h4-15H,3,16-20H2,1-2H3,(H,29,30,31,32,33). The van der Waals surface area contributed by atoms with Gasteiger partial charge in [0.05, 0.1) is 0 Å². The van der Waals surface area contributed by atoms with Gasteiger partial charge in [-0.15, -0.1) is 0 Å². The van der Waals surface area contributed by atoms with Gasteiger partial charge in [-0.25, -0.2) is 4.98 Å². The number of rotatable bonds is 7. The summed E-state index contributed by atoms with van der Waals surface area (Å²) in [6.45, 7) is 5.90. The quantitative estimate of drug-likeness (QED) is 0.428. The van der Waals surface area contributed by atoms with E-state index in [-0.39, 0.29) is 0 Å². The van der Waals surface area contributed by atoms with Gasteiger partial charge in [-0.05, 0) is 35.4 Å². The third-order valence-electron chi connectivity index (χ3n) is 6.35. The number of pyridine rings is 1. The molecule has 1 fully saturated rings. The van der Waals surface area contributed by atoms with E-state index < -0.39 is 0 Å². The van der Waals surface area contributed by atoms with E-state index in [0.29, 0.717) is 5.95 Å². The summed E-state index contributed by atoms with van der Waals surface area (Å²) in [5.74, 6) is 2.84. The lowest BCUT2D eigenvalue weighted by atomic mass is 10.0. The van der Waals surface area contributed by atoms with E-state index in [1.54, 1.807) is 6.20 Å². The summed E-state index contributed by atoms with van der Waals surface area (Å²) >= 11 is 0. The van der Waals surface area contributed by atoms with Crippen LogP contribution in [0.1, 0.15) is 23.9 Å². The molecule has 0 unspecified atom stereocenters. The largest absolute Gasteiger partial charge is 0.338 e. The van der Waals surface area contributed by atoms with E-state index in [1.807, 2.05) is 12.1 Å². The predicted octanol–water partition coefficient (Wildman–Crippen LogP) is 4.58. The van der Waals surface area contributed by atoms with E-state index in [9.17, 15) is 0 Å². The van der Waals surface area contributed by atoms with Crippen LogP contribution in [0.2, 0.25) is 0 Å². The van der Waals surface area contributed by atoms with E-state index in [1.165, 1.54) is 16.7 Å². The van der Waals surface area contributed by atoms with Crippen molar-refractivity contribution in [2.24, 2.45) is 0 Å². The first-order valence-corrected chi connectivity index (χ1v) is 12.2. The van der Waals surface area contributed by atoms with Crippen LogP contribution in [0.25, 0.3) is 11.1 Å². The van der Waals surface area contributed by atoms with Crippen LogP contribution < -0.4 is 10.2 Å². The molecule has 0 aliphatic carbocycles. The Hall–Kier alpha value is -3.84. The first-order chi connectivity index (χ1) is 17.2. The van der Waals surface area contributed by atoms with Gasteiger partial charge in [0.1, 0.15) is 11.6 Å². The minimum atomic E-state index is 0.546. The number of nitrogens with zero attached hydrogens (tertiary/aromatic N) is 6. The Morgan fingerprint density at radius 1 is 0.800 bits per heavy atom. The average Bonchev–Trinajstić information content (AvgIpc) is 2.91. The first kappa shape index (κ1) is 22.9. The fraction of sp³-hybridized carbons (Fsp3) is 0.286. The topological polar surface area (TPSA) is 70.1 Å². The van der Waals surface area contributed by atoms with Gasteiger partial charge >= 0.3 is 0 Å². The molecule has 3 heterocycles. The summed E-state index contributed by atoms with van der Waals surface area (Å²) in [4.78, 5) is 23.3. The van der Waals surface area contributed by atoms with Crippen molar-refractivity contribution in [1.82, 2.24) is 24.8 Å². The first-order valence-electron chi connectivity index (χ1n) is 12.2. The number of nitrogens with one attached hydrogen (secondary N) is 1. The number of anilines is 3. The van der Waals surface area contributed by atoms with Crippen LogP contribution >= 0.6 is 0 Å². The molecule has 4 aromatic rings. The summed E-state index contributed by atoms with van der Waals surface area (Å²) in [5.41, 5.74) is 4.76. The molecule has 1 saturated heterocycles. The average molecular weight is 466 g/mol. The molecule has 178 valence electrons. The Kier molecular flexibility index (Phi) is 6.95. The minimum Gasteiger partial charge on any atom is -0.338 e. The highest BCUT2D eigenvalue weighted by Gasteiger charge is 2.19. The fourth-order valence-corrected chi connectivity index (χ4v) is 4.23. The van der Waals surface area contributed by atoms with Gasteiger partial charge in [0, 0.05) is 45.2 Å². The molecule has 7 nitrogen and oxygen atoms in total. The molecule has 2 aromatic heterocycles. The molecule has 7 heteroatoms. The van der Waals surface area contributed by atoms with Crippen molar-refractivity contribution in [3.8, 4) is 11.1 Å². The lowest BCUT2D eigenvalue weighted by Crippen LogP contribution is -2.45. The Morgan fingerprint density at radius 3 is 2.29 bits per heavy atom. The zero-order valence-corrected chi connectivity index (χ0v) is 20.4. The maximum absolute atomic E-state index is 4.75. The van der Waals surface area contributed by atoms with Gasteiger partial charge < -0.3 is 15.1 Å². The molecule has 0 bridgehead atoms. The summed E-state index contributed by atoms with van der Waals surface area (Å²) in [6, 6.07) is 23.2. The number of piperazine rings is 1. The van der Waals surface area contributed by atoms with Crippen molar-refractivity contribution in [2.45, 2.75) is 19.8 Å². The molecule has 1 N–H and O–H groups in total. The van der Waals surface area contributed by atoms with Crippen LogP contribution in [0.3, 0.4) is 0 Å². The Bertz CT molecular complexity index is 1250. The van der Waals surface area contributed by atoms with Gasteiger partial charge in [0.2, 0.25) is 11.9 Å². The molecule has 0 atom stereocenters. The highest BCUT2D eigenvalue weighted by atomic mass is 15.3. The zero-order chi connectivity index (χ0) is 24.0. The Balaban J connectivity index is 1.35. The van der Waals surface area contributed by atoms with Gasteiger partial charge in [-0.2, -0.15) is 15.0 Å². The second-order valence-corrected chi connectivity index (χ2v) is 8.89. The summed E-state index contributed by atoms with van der Waals surface area (Å²) in [7, 11) is 2.15. The van der Waals surface area contributed by atoms with Crippen molar-refractivity contribution in [2.75, 3.05) is 43.4 Å². The molecule has 1 aliphatic heterocycles. The second-order valence-electron chi connectivity index (χ2n) is 8.89. The third kappa shape index (κ3) is 5.63. The number of benzene rings is 2. The number of aromatic nitrogens is 4. The van der Waals surface area contributed by atoms with Gasteiger partial charge in [0.25, 0.3) is 0 Å². The van der Waals surface area contributed by atoms with Crippen LogP contribution in [0, 0.1) is 0 Å². The molecule has 0 spiro atoms. The zero-order valence-electron chi connectivity index (χ0n) is 20.4. The number of hydrogen-bond donors (Lipinski definition) is 1. The van der Waals surface area contributed by atoms with Crippen LogP contribution in [0.4, 0.5) is 17.7 Å². The molecular weight excluding hydrogens is 434 g/mol. The van der Waals surface area contributed by atoms with Crippen molar-refractivity contribution in [3.63, 3.8) is 0 Å². The second kappa shape index (κ2) is 10.6. The molecule has 1 aliphatic rings. The molecule has 35 heavy (non-hydrogen) atoms. The van der Waals surface area contributed by atoms with E-state index in [2.05, 4.69) is 93.7 Å². The Labute approximate surface area is 206 Å². The maximum Gasteiger partial charge on any atom is 0.233 e.